The van der Waals surface area contributed by atoms with Gasteiger partial charge in [0.15, 0.2) is 0 Å². The first-order valence-electron chi connectivity index (χ1n) is 24.5. The molecule has 8 heteroatoms. The summed E-state index contributed by atoms with van der Waals surface area (Å²) in [5, 5.41) is 9.98. The molecular formula is C48H99NO6P+. The molecule has 0 saturated heterocycles. The van der Waals surface area contributed by atoms with E-state index in [0.29, 0.717) is 6.42 Å². The van der Waals surface area contributed by atoms with Crippen molar-refractivity contribution in [2.75, 3.05) is 47.5 Å². The summed E-state index contributed by atoms with van der Waals surface area (Å²) >= 11 is 0. The average molecular weight is 817 g/mol. The summed E-state index contributed by atoms with van der Waals surface area (Å²) in [6.45, 7) is 5.57. The molecule has 0 radical (unpaired) electrons. The number of ether oxygens (including phenoxy) is 1. The fraction of sp³-hybridized carbons (Fsp3) is 0.958. The fourth-order valence-electron chi connectivity index (χ4n) is 7.47. The first-order chi connectivity index (χ1) is 27.1. The first kappa shape index (κ1) is 55.7. The largest absolute Gasteiger partial charge is 0.472 e. The number of aliphatic hydroxyl groups is 1. The molecule has 0 spiro atoms. The van der Waals surface area contributed by atoms with Crippen molar-refractivity contribution in [1.82, 2.24) is 0 Å². The van der Waals surface area contributed by atoms with E-state index in [1.807, 2.05) is 0 Å². The van der Waals surface area contributed by atoms with Crippen LogP contribution in [-0.2, 0) is 18.3 Å². The van der Waals surface area contributed by atoms with Crippen molar-refractivity contribution in [2.45, 2.75) is 251 Å². The molecule has 336 valence electrons. The van der Waals surface area contributed by atoms with Crippen molar-refractivity contribution in [2.24, 2.45) is 0 Å². The number of nitrogens with zero attached hydrogens (tertiary/aromatic N) is 1. The van der Waals surface area contributed by atoms with Crippen molar-refractivity contribution in [1.29, 1.82) is 0 Å². The summed E-state index contributed by atoms with van der Waals surface area (Å²) in [4.78, 5) is 10.3. The lowest BCUT2D eigenvalue weighted by molar-refractivity contribution is -0.870. The van der Waals surface area contributed by atoms with Gasteiger partial charge in [0.05, 0.1) is 53.6 Å². The second-order valence-corrected chi connectivity index (χ2v) is 19.5. The zero-order valence-corrected chi connectivity index (χ0v) is 39.2. The van der Waals surface area contributed by atoms with Gasteiger partial charge < -0.3 is 19.2 Å². The molecule has 2 unspecified atom stereocenters. The van der Waals surface area contributed by atoms with E-state index in [-0.39, 0.29) is 25.9 Å². The Labute approximate surface area is 350 Å². The van der Waals surface area contributed by atoms with Gasteiger partial charge in [-0.25, -0.2) is 4.57 Å². The highest BCUT2D eigenvalue weighted by atomic mass is 31.2. The van der Waals surface area contributed by atoms with Crippen molar-refractivity contribution in [3.63, 3.8) is 0 Å². The third kappa shape index (κ3) is 43.3. The lowest BCUT2D eigenvalue weighted by atomic mass is 10.0. The molecule has 0 bridgehead atoms. The maximum atomic E-state index is 12.7. The minimum Gasteiger partial charge on any atom is -0.394 e. The van der Waals surface area contributed by atoms with Crippen LogP contribution in [-0.4, -0.2) is 74.2 Å². The maximum absolute atomic E-state index is 12.7. The van der Waals surface area contributed by atoms with Gasteiger partial charge in [-0.15, -0.1) is 0 Å². The highest BCUT2D eigenvalue weighted by Crippen LogP contribution is 2.44. The zero-order valence-electron chi connectivity index (χ0n) is 38.3. The van der Waals surface area contributed by atoms with Crippen LogP contribution in [0.5, 0.6) is 0 Å². The average Bonchev–Trinajstić information content (AvgIpc) is 3.16. The van der Waals surface area contributed by atoms with Crippen LogP contribution < -0.4 is 0 Å². The summed E-state index contributed by atoms with van der Waals surface area (Å²) in [7, 11) is 2.30. The third-order valence-electron chi connectivity index (χ3n) is 11.1. The summed E-state index contributed by atoms with van der Waals surface area (Å²) < 4.78 is 30.5. The molecule has 0 amide bonds. The second kappa shape index (κ2) is 41.5. The summed E-state index contributed by atoms with van der Waals surface area (Å²) in [6.07, 6.45) is 48.3. The number of hydrogen-bond donors (Lipinski definition) is 2. The lowest BCUT2D eigenvalue weighted by Gasteiger charge is -2.24. The van der Waals surface area contributed by atoms with Gasteiger partial charge in [-0.3, -0.25) is 9.05 Å². The van der Waals surface area contributed by atoms with Gasteiger partial charge in [0.25, 0.3) is 0 Å². The van der Waals surface area contributed by atoms with Crippen LogP contribution in [0.1, 0.15) is 239 Å². The summed E-state index contributed by atoms with van der Waals surface area (Å²) in [5.41, 5.74) is 0. The normalized spacial score (nSPS) is 14.5. The Kier molecular flexibility index (Phi) is 41.3. The smallest absolute Gasteiger partial charge is 0.394 e. The number of quaternary nitrogens is 1. The van der Waals surface area contributed by atoms with E-state index in [0.717, 1.165) is 56.0 Å². The van der Waals surface area contributed by atoms with E-state index in [2.05, 4.69) is 47.1 Å². The number of phosphoric acid groups is 1. The molecule has 56 heavy (non-hydrogen) atoms. The van der Waals surface area contributed by atoms with E-state index in [4.69, 9.17) is 13.8 Å². The van der Waals surface area contributed by atoms with Gasteiger partial charge in [-0.2, -0.15) is 0 Å². The van der Waals surface area contributed by atoms with Crippen LogP contribution in [0.2, 0.25) is 0 Å². The Bertz CT molecular complexity index is 865. The van der Waals surface area contributed by atoms with Gasteiger partial charge in [-0.05, 0) is 57.8 Å². The Morgan fingerprint density at radius 2 is 0.893 bits per heavy atom. The van der Waals surface area contributed by atoms with Gasteiger partial charge >= 0.3 is 7.82 Å². The number of unbranched alkanes of at least 4 members (excludes halogenated alkanes) is 29. The summed E-state index contributed by atoms with van der Waals surface area (Å²) in [6, 6.07) is 0. The second-order valence-electron chi connectivity index (χ2n) is 18.1. The van der Waals surface area contributed by atoms with E-state index in [1.54, 1.807) is 0 Å². The molecule has 3 atom stereocenters. The van der Waals surface area contributed by atoms with Crippen LogP contribution >= 0.6 is 7.82 Å². The van der Waals surface area contributed by atoms with E-state index in [1.165, 1.54) is 173 Å². The van der Waals surface area contributed by atoms with Crippen molar-refractivity contribution in [3.8, 4) is 0 Å². The highest BCUT2D eigenvalue weighted by molar-refractivity contribution is 7.47. The van der Waals surface area contributed by atoms with Gasteiger partial charge in [-0.1, -0.05) is 193 Å². The SMILES string of the molecule is CCCCCCCCC=CCCCCCCC(CCCCCCCCCCCCCCCCCCC)OC[C@H](CO)OP(=O)(O)OCCCCCC[N+](C)(C)C. The molecule has 0 fully saturated rings. The molecule has 7 nitrogen and oxygen atoms in total. The summed E-state index contributed by atoms with van der Waals surface area (Å²) in [5.74, 6) is 0. The van der Waals surface area contributed by atoms with Gasteiger partial charge in [0, 0.05) is 0 Å². The molecule has 0 aliphatic heterocycles. The van der Waals surface area contributed by atoms with Crippen LogP contribution in [0.4, 0.5) is 0 Å². The Morgan fingerprint density at radius 1 is 0.518 bits per heavy atom. The first-order valence-corrected chi connectivity index (χ1v) is 26.0. The molecule has 0 aromatic carbocycles. The predicted octanol–water partition coefficient (Wildman–Crippen LogP) is 14.8. The Balaban J connectivity index is 4.43. The topological polar surface area (TPSA) is 85.2 Å². The zero-order chi connectivity index (χ0) is 41.3. The standard InChI is InChI=1S/C48H98NO6P/c1-6-8-10-12-14-16-18-20-22-23-24-26-28-30-32-34-38-42-47(41-37-33-31-29-27-25-21-19-17-15-13-11-9-7-2)53-46-48(45-50)55-56(51,52)54-44-40-36-35-39-43-49(3,4)5/h21,25,47-48,50H,6-20,22-24,26-46H2,1-5H3/p+1/t47?,48-/m0/s1. The molecule has 0 rings (SSSR count). The van der Waals surface area contributed by atoms with Crippen molar-refractivity contribution < 1.29 is 32.8 Å². The van der Waals surface area contributed by atoms with Crippen molar-refractivity contribution >= 4 is 7.82 Å². The quantitative estimate of drug-likeness (QED) is 0.0275. The molecule has 0 aliphatic carbocycles. The molecular weight excluding hydrogens is 718 g/mol. The maximum Gasteiger partial charge on any atom is 0.472 e. The fourth-order valence-corrected chi connectivity index (χ4v) is 8.40. The number of aliphatic hydroxyl groups excluding tert-OH is 1. The predicted molar refractivity (Wildman–Crippen MR) is 242 cm³/mol. The lowest BCUT2D eigenvalue weighted by Crippen LogP contribution is -2.35. The molecule has 0 aliphatic rings. The minimum absolute atomic E-state index is 0.0759. The van der Waals surface area contributed by atoms with Gasteiger partial charge in [0.1, 0.15) is 6.10 Å². The van der Waals surface area contributed by atoms with Crippen LogP contribution in [0.15, 0.2) is 12.2 Å². The van der Waals surface area contributed by atoms with E-state index in [9.17, 15) is 14.6 Å². The van der Waals surface area contributed by atoms with Crippen LogP contribution in [0, 0.1) is 0 Å². The number of hydrogen-bond acceptors (Lipinski definition) is 5. The number of rotatable bonds is 46. The molecule has 0 aromatic rings. The Morgan fingerprint density at radius 3 is 1.30 bits per heavy atom. The van der Waals surface area contributed by atoms with Crippen LogP contribution in [0.3, 0.4) is 0 Å². The van der Waals surface area contributed by atoms with Gasteiger partial charge in [0.2, 0.25) is 0 Å². The minimum atomic E-state index is -4.26. The molecule has 2 N–H and O–H groups in total. The monoisotopic (exact) mass is 817 g/mol. The van der Waals surface area contributed by atoms with Crippen LogP contribution in [0.25, 0.3) is 0 Å². The highest BCUT2D eigenvalue weighted by Gasteiger charge is 2.27. The third-order valence-corrected chi connectivity index (χ3v) is 12.2. The molecule has 0 heterocycles. The number of phosphoric ester groups is 1. The molecule has 0 aromatic heterocycles. The molecule has 0 saturated carbocycles. The van der Waals surface area contributed by atoms with E-state index < -0.39 is 13.9 Å². The Hall–Kier alpha value is -0.270. The number of allylic oxidation sites excluding steroid dienone is 2. The van der Waals surface area contributed by atoms with Crippen molar-refractivity contribution in [3.05, 3.63) is 12.2 Å². The van der Waals surface area contributed by atoms with E-state index >= 15 is 0 Å².